The Hall–Kier alpha value is -2.22. The third-order valence-corrected chi connectivity index (χ3v) is 1.52. The summed E-state index contributed by atoms with van der Waals surface area (Å²) in [6.07, 6.45) is 0. The summed E-state index contributed by atoms with van der Waals surface area (Å²) in [5.74, 6) is 6.66. The maximum absolute atomic E-state index is 8.36. The molecule has 0 atom stereocenters. The van der Waals surface area contributed by atoms with Crippen molar-refractivity contribution >= 4 is 5.69 Å². The molecule has 0 spiro atoms. The molecule has 0 aromatic heterocycles. The van der Waals surface area contributed by atoms with Crippen molar-refractivity contribution in [3.63, 3.8) is 0 Å². The number of nitrogen functional groups attached to an aromatic ring is 1. The predicted molar refractivity (Wildman–Crippen MR) is 56.1 cm³/mol. The van der Waals surface area contributed by atoms with Crippen LogP contribution >= 0.6 is 0 Å². The van der Waals surface area contributed by atoms with Gasteiger partial charge in [-0.15, -0.1) is 10.1 Å². The van der Waals surface area contributed by atoms with Crippen molar-refractivity contribution in [1.29, 1.82) is 0 Å². The first-order valence-electron chi connectivity index (χ1n) is 4.06. The number of ether oxygens (including phenoxy) is 2. The van der Waals surface area contributed by atoms with Gasteiger partial charge in [0, 0.05) is 18.2 Å². The highest BCUT2D eigenvalue weighted by atomic mass is 16.9. The maximum Gasteiger partial charge on any atom is 0.291 e. The quantitative estimate of drug-likeness (QED) is 0.396. The molecule has 4 N–H and O–H groups in total. The lowest BCUT2D eigenvalue weighted by Gasteiger charge is -2.07. The molecule has 8 heteroatoms. The van der Waals surface area contributed by atoms with Crippen molar-refractivity contribution in [3.8, 4) is 11.5 Å². The Labute approximate surface area is 91.7 Å². The van der Waals surface area contributed by atoms with Crippen LogP contribution in [0.25, 0.3) is 0 Å². The second-order valence-electron chi connectivity index (χ2n) is 2.48. The number of anilines is 1. The zero-order valence-corrected chi connectivity index (χ0v) is 8.84. The normalized spacial score (nSPS) is 8.44. The first-order chi connectivity index (χ1) is 7.53. The molecular formula is C8H13N3O5. The molecule has 0 aliphatic heterocycles. The van der Waals surface area contributed by atoms with Crippen LogP contribution in [0, 0.1) is 10.1 Å². The molecule has 16 heavy (non-hydrogen) atoms. The molecule has 0 saturated heterocycles. The maximum atomic E-state index is 8.36. The molecule has 1 rings (SSSR count). The van der Waals surface area contributed by atoms with Gasteiger partial charge >= 0.3 is 0 Å². The molecule has 8 nitrogen and oxygen atoms in total. The van der Waals surface area contributed by atoms with Crippen LogP contribution in [0.3, 0.4) is 0 Å². The van der Waals surface area contributed by atoms with Gasteiger partial charge in [0.2, 0.25) is 0 Å². The minimum atomic E-state index is -1.50. The van der Waals surface area contributed by atoms with Crippen LogP contribution in [-0.2, 0) is 0 Å². The van der Waals surface area contributed by atoms with Gasteiger partial charge in [-0.2, -0.15) is 0 Å². The standard InChI is InChI=1S/C8H12N2O2.HNO3/c1-11-7-3-6(10-9)4-8(5-7)12-2;2-1(3)4/h3-5,10H,9H2,1-2H3;(H,2,3,4). The number of hydrogen-bond acceptors (Lipinski definition) is 6. The van der Waals surface area contributed by atoms with Gasteiger partial charge in [0.05, 0.1) is 19.9 Å². The molecule has 0 amide bonds. The van der Waals surface area contributed by atoms with E-state index in [1.54, 1.807) is 32.4 Å². The lowest BCUT2D eigenvalue weighted by atomic mass is 10.3. The van der Waals surface area contributed by atoms with E-state index in [1.165, 1.54) is 0 Å². The summed E-state index contributed by atoms with van der Waals surface area (Å²) < 4.78 is 10.0. The highest BCUT2D eigenvalue weighted by Gasteiger charge is 1.99. The molecule has 1 aromatic rings. The van der Waals surface area contributed by atoms with E-state index in [2.05, 4.69) is 5.43 Å². The van der Waals surface area contributed by atoms with Gasteiger partial charge in [0.25, 0.3) is 5.09 Å². The summed E-state index contributed by atoms with van der Waals surface area (Å²) in [7, 11) is 3.18. The fraction of sp³-hybridized carbons (Fsp3) is 0.250. The number of nitrogens with one attached hydrogen (secondary N) is 1. The van der Waals surface area contributed by atoms with Gasteiger partial charge in [-0.1, -0.05) is 0 Å². The topological polar surface area (TPSA) is 120 Å². The van der Waals surface area contributed by atoms with Gasteiger partial charge in [-0.05, 0) is 0 Å². The Morgan fingerprint density at radius 2 is 1.69 bits per heavy atom. The number of rotatable bonds is 3. The monoisotopic (exact) mass is 231 g/mol. The van der Waals surface area contributed by atoms with Gasteiger partial charge < -0.3 is 20.1 Å². The second kappa shape index (κ2) is 7.12. The second-order valence-corrected chi connectivity index (χ2v) is 2.48. The summed E-state index contributed by atoms with van der Waals surface area (Å²) in [5, 5.41) is 13.6. The molecule has 0 aliphatic carbocycles. The molecule has 0 saturated carbocycles. The van der Waals surface area contributed by atoms with Crippen LogP contribution < -0.4 is 20.7 Å². The summed E-state index contributed by atoms with van der Waals surface area (Å²) in [5.41, 5.74) is 3.27. The fourth-order valence-corrected chi connectivity index (χ4v) is 0.891. The van der Waals surface area contributed by atoms with E-state index in [-0.39, 0.29) is 0 Å². The van der Waals surface area contributed by atoms with Crippen LogP contribution in [0.4, 0.5) is 5.69 Å². The first-order valence-corrected chi connectivity index (χ1v) is 4.06. The van der Waals surface area contributed by atoms with Gasteiger partial charge in [0.1, 0.15) is 11.5 Å². The van der Waals surface area contributed by atoms with Gasteiger partial charge in [0.15, 0.2) is 0 Å². The minimum absolute atomic E-state index is 0.710. The van der Waals surface area contributed by atoms with Crippen LogP contribution in [-0.4, -0.2) is 24.5 Å². The highest BCUT2D eigenvalue weighted by molar-refractivity contribution is 5.52. The third kappa shape index (κ3) is 5.50. The summed E-state index contributed by atoms with van der Waals surface area (Å²) >= 11 is 0. The zero-order valence-electron chi connectivity index (χ0n) is 8.84. The molecule has 90 valence electrons. The van der Waals surface area contributed by atoms with E-state index in [0.717, 1.165) is 5.69 Å². The lowest BCUT2D eigenvalue weighted by molar-refractivity contribution is -0.742. The molecule has 0 fully saturated rings. The average molecular weight is 231 g/mol. The molecule has 1 aromatic carbocycles. The largest absolute Gasteiger partial charge is 0.497 e. The van der Waals surface area contributed by atoms with Crippen LogP contribution in [0.5, 0.6) is 11.5 Å². The van der Waals surface area contributed by atoms with E-state index >= 15 is 0 Å². The summed E-state index contributed by atoms with van der Waals surface area (Å²) in [6, 6.07) is 5.34. The van der Waals surface area contributed by atoms with Crippen molar-refractivity contribution in [2.75, 3.05) is 19.6 Å². The number of hydrazine groups is 1. The molecule has 0 heterocycles. The molecule has 0 aliphatic rings. The number of benzene rings is 1. The summed E-state index contributed by atoms with van der Waals surface area (Å²) in [6.45, 7) is 0. The van der Waals surface area contributed by atoms with Crippen LogP contribution in [0.2, 0.25) is 0 Å². The van der Waals surface area contributed by atoms with Crippen LogP contribution in [0.15, 0.2) is 18.2 Å². The van der Waals surface area contributed by atoms with E-state index in [9.17, 15) is 0 Å². The Morgan fingerprint density at radius 3 is 1.94 bits per heavy atom. The smallest absolute Gasteiger partial charge is 0.291 e. The number of nitrogens with zero attached hydrogens (tertiary/aromatic N) is 1. The van der Waals surface area contributed by atoms with Crippen LogP contribution in [0.1, 0.15) is 0 Å². The number of hydrogen-bond donors (Lipinski definition) is 3. The van der Waals surface area contributed by atoms with Crippen molar-refractivity contribution in [2.45, 2.75) is 0 Å². The van der Waals surface area contributed by atoms with Crippen molar-refractivity contribution in [2.24, 2.45) is 5.84 Å². The summed E-state index contributed by atoms with van der Waals surface area (Å²) in [4.78, 5) is 8.36. The fourth-order valence-electron chi connectivity index (χ4n) is 0.891. The van der Waals surface area contributed by atoms with E-state index in [4.69, 9.17) is 30.6 Å². The Bertz CT molecular complexity index is 285. The highest BCUT2D eigenvalue weighted by Crippen LogP contribution is 2.24. The minimum Gasteiger partial charge on any atom is -0.497 e. The zero-order chi connectivity index (χ0) is 12.6. The van der Waals surface area contributed by atoms with E-state index < -0.39 is 5.09 Å². The first kappa shape index (κ1) is 13.8. The van der Waals surface area contributed by atoms with E-state index in [1.807, 2.05) is 0 Å². The third-order valence-electron chi connectivity index (χ3n) is 1.52. The lowest BCUT2D eigenvalue weighted by Crippen LogP contribution is -2.06. The molecule has 0 unspecified atom stereocenters. The van der Waals surface area contributed by atoms with Crippen molar-refractivity contribution in [3.05, 3.63) is 28.3 Å². The number of methoxy groups -OCH3 is 2. The predicted octanol–water partition coefficient (Wildman–Crippen LogP) is 0.642. The van der Waals surface area contributed by atoms with Crippen molar-refractivity contribution in [1.82, 2.24) is 0 Å². The molecular weight excluding hydrogens is 218 g/mol. The average Bonchev–Trinajstić information content (AvgIpc) is 2.27. The SMILES string of the molecule is COc1cc(NN)cc(OC)c1.O=[N+]([O-])O. The molecule has 0 radical (unpaired) electrons. The molecule has 0 bridgehead atoms. The Balaban J connectivity index is 0.000000487. The van der Waals surface area contributed by atoms with E-state index in [0.29, 0.717) is 11.5 Å². The van der Waals surface area contributed by atoms with Crippen molar-refractivity contribution < 1.29 is 19.8 Å². The van der Waals surface area contributed by atoms with Gasteiger partial charge in [-0.3, -0.25) is 5.84 Å². The Kier molecular flexibility index (Phi) is 6.13. The Morgan fingerprint density at radius 1 is 1.31 bits per heavy atom. The number of nitrogens with two attached hydrogens (primary N) is 1. The van der Waals surface area contributed by atoms with Gasteiger partial charge in [-0.25, -0.2) is 0 Å².